The molecule has 0 unspecified atom stereocenters. The molecule has 0 N–H and O–H groups in total. The molecule has 0 aromatic carbocycles. The molecule has 1 heterocycles. The van der Waals surface area contributed by atoms with Crippen molar-refractivity contribution in [1.29, 1.82) is 5.26 Å². The van der Waals surface area contributed by atoms with Gasteiger partial charge in [0.25, 0.3) is 0 Å². The van der Waals surface area contributed by atoms with Crippen LogP contribution in [0, 0.1) is 10.7 Å². The zero-order chi connectivity index (χ0) is 8.27. The van der Waals surface area contributed by atoms with E-state index >= 15 is 0 Å². The summed E-state index contributed by atoms with van der Waals surface area (Å²) in [4.78, 5) is 4.64. The van der Waals surface area contributed by atoms with Gasteiger partial charge in [-0.3, -0.25) is 0 Å². The number of aromatic nitrogens is 1. The van der Waals surface area contributed by atoms with Gasteiger partial charge in [-0.05, 0) is 11.8 Å². The third kappa shape index (κ3) is 2.53. The molecule has 0 spiro atoms. The second-order valence-electron chi connectivity index (χ2n) is 1.56. The summed E-state index contributed by atoms with van der Waals surface area (Å²) in [6.07, 6.45) is 0. The van der Waals surface area contributed by atoms with Crippen LogP contribution in [0.15, 0.2) is 0 Å². The number of nitriles is 1. The van der Waals surface area contributed by atoms with E-state index < -0.39 is 0 Å². The van der Waals surface area contributed by atoms with E-state index in [0.29, 0.717) is 15.4 Å². The minimum absolute atomic E-state index is 0.405. The fraction of sp³-hybridized carbons (Fsp3) is 0.200. The number of nitrogens with zero attached hydrogens (tertiary/aromatic N) is 2. The van der Waals surface area contributed by atoms with Crippen LogP contribution in [0.5, 0.6) is 0 Å². The molecule has 6 heteroatoms. The van der Waals surface area contributed by atoms with Crippen molar-refractivity contribution < 1.29 is 0 Å². The fourth-order valence-corrected chi connectivity index (χ4v) is 2.51. The first-order valence-corrected chi connectivity index (χ1v) is 5.11. The summed E-state index contributed by atoms with van der Waals surface area (Å²) in [5, 5.41) is 10.6. The van der Waals surface area contributed by atoms with Crippen molar-refractivity contribution in [2.75, 3.05) is 0 Å². The normalized spacial score (nSPS) is 9.55. The van der Waals surface area contributed by atoms with Gasteiger partial charge in [0.2, 0.25) is 0 Å². The van der Waals surface area contributed by atoms with E-state index in [2.05, 4.69) is 4.98 Å². The molecule has 0 aliphatic rings. The van der Waals surface area contributed by atoms with Gasteiger partial charge in [-0.25, -0.2) is 4.98 Å². The van der Waals surface area contributed by atoms with Crippen molar-refractivity contribution in [3.8, 4) is 5.40 Å². The first kappa shape index (κ1) is 9.14. The molecule has 1 aromatic rings. The van der Waals surface area contributed by atoms with Crippen LogP contribution in [-0.4, -0.2) is 4.98 Å². The maximum atomic E-state index is 8.25. The third-order valence-electron chi connectivity index (χ3n) is 0.891. The van der Waals surface area contributed by atoms with Gasteiger partial charge in [0.1, 0.15) is 10.6 Å². The maximum absolute atomic E-state index is 8.25. The molecule has 0 fully saturated rings. The largest absolute Gasteiger partial charge is 0.213 e. The SMILES string of the molecule is N#CSCc1sc(Cl)nc1Cl. The average molecular weight is 225 g/mol. The number of thiazole rings is 1. The van der Waals surface area contributed by atoms with Gasteiger partial charge in [-0.1, -0.05) is 23.2 Å². The van der Waals surface area contributed by atoms with Gasteiger partial charge in [0, 0.05) is 5.75 Å². The molecule has 58 valence electrons. The molecule has 0 saturated heterocycles. The van der Waals surface area contributed by atoms with E-state index in [1.165, 1.54) is 11.3 Å². The number of hydrogen-bond donors (Lipinski definition) is 0. The van der Waals surface area contributed by atoms with Crippen LogP contribution in [0.1, 0.15) is 4.88 Å². The van der Waals surface area contributed by atoms with Crippen LogP contribution in [-0.2, 0) is 5.75 Å². The van der Waals surface area contributed by atoms with Crippen LogP contribution in [0.4, 0.5) is 0 Å². The Hall–Kier alpha value is 0.0500. The molecule has 0 aliphatic carbocycles. The van der Waals surface area contributed by atoms with E-state index in [1.54, 1.807) is 0 Å². The van der Waals surface area contributed by atoms with Gasteiger partial charge in [0.05, 0.1) is 4.88 Å². The van der Waals surface area contributed by atoms with Crippen LogP contribution in [0.3, 0.4) is 0 Å². The minimum Gasteiger partial charge on any atom is -0.213 e. The summed E-state index contributed by atoms with van der Waals surface area (Å²) in [6.45, 7) is 0. The second kappa shape index (κ2) is 4.17. The van der Waals surface area contributed by atoms with Crippen LogP contribution in [0.2, 0.25) is 9.62 Å². The molecule has 1 rings (SSSR count). The van der Waals surface area contributed by atoms with Gasteiger partial charge in [0.15, 0.2) is 4.47 Å². The summed E-state index contributed by atoms with van der Waals surface area (Å²) >= 11 is 13.7. The van der Waals surface area contributed by atoms with Crippen molar-refractivity contribution in [2.24, 2.45) is 0 Å². The summed E-state index contributed by atoms with van der Waals surface area (Å²) in [5.74, 6) is 0.555. The Balaban J connectivity index is 2.71. The Bertz CT molecular complexity index is 291. The van der Waals surface area contributed by atoms with Crippen LogP contribution in [0.25, 0.3) is 0 Å². The Morgan fingerprint density at radius 2 is 2.36 bits per heavy atom. The summed E-state index contributed by atoms with van der Waals surface area (Å²) in [5.41, 5.74) is 0. The van der Waals surface area contributed by atoms with Gasteiger partial charge in [-0.15, -0.1) is 11.3 Å². The maximum Gasteiger partial charge on any atom is 0.185 e. The number of hydrogen-bond acceptors (Lipinski definition) is 4. The number of rotatable bonds is 2. The first-order valence-electron chi connectivity index (χ1n) is 2.55. The summed E-state index contributed by atoms with van der Waals surface area (Å²) < 4.78 is 0.420. The molecule has 0 aliphatic heterocycles. The lowest BCUT2D eigenvalue weighted by molar-refractivity contribution is 1.37. The van der Waals surface area contributed by atoms with Gasteiger partial charge >= 0.3 is 0 Å². The van der Waals surface area contributed by atoms with Crippen molar-refractivity contribution in [3.63, 3.8) is 0 Å². The highest BCUT2D eigenvalue weighted by Crippen LogP contribution is 2.29. The van der Waals surface area contributed by atoms with Crippen molar-refractivity contribution in [2.45, 2.75) is 5.75 Å². The molecule has 0 amide bonds. The van der Waals surface area contributed by atoms with E-state index in [-0.39, 0.29) is 0 Å². The Labute approximate surface area is 82.1 Å². The molecule has 11 heavy (non-hydrogen) atoms. The monoisotopic (exact) mass is 224 g/mol. The molecule has 0 saturated carbocycles. The predicted octanol–water partition coefficient (Wildman–Crippen LogP) is 3.16. The topological polar surface area (TPSA) is 36.7 Å². The average Bonchev–Trinajstić information content (AvgIpc) is 2.26. The van der Waals surface area contributed by atoms with Gasteiger partial charge < -0.3 is 0 Å². The van der Waals surface area contributed by atoms with Crippen LogP contribution < -0.4 is 0 Å². The second-order valence-corrected chi connectivity index (χ2v) is 4.34. The molecule has 1 aromatic heterocycles. The lowest BCUT2D eigenvalue weighted by Gasteiger charge is -1.86. The minimum atomic E-state index is 0.405. The van der Waals surface area contributed by atoms with E-state index in [9.17, 15) is 0 Å². The Morgan fingerprint density at radius 3 is 2.82 bits per heavy atom. The summed E-state index contributed by atoms with van der Waals surface area (Å²) in [6, 6.07) is 0. The Kier molecular flexibility index (Phi) is 3.46. The standard InChI is InChI=1S/C5H2Cl2N2S2/c6-4-3(1-10-2-8)11-5(7)9-4/h1H2. The highest BCUT2D eigenvalue weighted by molar-refractivity contribution is 8.03. The molecular formula is C5H2Cl2N2S2. The highest BCUT2D eigenvalue weighted by Gasteiger charge is 2.06. The highest BCUT2D eigenvalue weighted by atomic mass is 35.5. The lowest BCUT2D eigenvalue weighted by Crippen LogP contribution is -1.71. The number of thioether (sulfide) groups is 1. The summed E-state index contributed by atoms with van der Waals surface area (Å²) in [7, 11) is 0. The fourth-order valence-electron chi connectivity index (χ4n) is 0.493. The quantitative estimate of drug-likeness (QED) is 0.725. The Morgan fingerprint density at radius 1 is 1.64 bits per heavy atom. The molecular weight excluding hydrogens is 223 g/mol. The number of halogens is 2. The van der Waals surface area contributed by atoms with Crippen molar-refractivity contribution in [1.82, 2.24) is 4.98 Å². The number of thiocyanates is 1. The third-order valence-corrected chi connectivity index (χ3v) is 3.22. The zero-order valence-corrected chi connectivity index (χ0v) is 8.32. The van der Waals surface area contributed by atoms with Crippen LogP contribution >= 0.6 is 46.3 Å². The predicted molar refractivity (Wildman–Crippen MR) is 49.0 cm³/mol. The van der Waals surface area contributed by atoms with E-state index in [0.717, 1.165) is 16.6 Å². The molecule has 0 atom stereocenters. The van der Waals surface area contributed by atoms with Crippen molar-refractivity contribution >= 4 is 46.3 Å². The molecule has 0 bridgehead atoms. The van der Waals surface area contributed by atoms with Crippen molar-refractivity contribution in [3.05, 3.63) is 14.5 Å². The molecule has 0 radical (unpaired) electrons. The van der Waals surface area contributed by atoms with Gasteiger partial charge in [-0.2, -0.15) is 5.26 Å². The lowest BCUT2D eigenvalue weighted by atomic mass is 10.6. The molecule has 2 nitrogen and oxygen atoms in total. The first-order chi connectivity index (χ1) is 5.24. The van der Waals surface area contributed by atoms with E-state index in [1.807, 2.05) is 5.40 Å². The smallest absolute Gasteiger partial charge is 0.185 e. The van der Waals surface area contributed by atoms with E-state index in [4.69, 9.17) is 28.5 Å². The zero-order valence-electron chi connectivity index (χ0n) is 5.17.